The summed E-state index contributed by atoms with van der Waals surface area (Å²) in [5.74, 6) is 0.226. The van der Waals surface area contributed by atoms with Gasteiger partial charge in [-0.05, 0) is 67.9 Å². The third-order valence-corrected chi connectivity index (χ3v) is 10.9. The summed E-state index contributed by atoms with van der Waals surface area (Å²) < 4.78 is 55.9. The van der Waals surface area contributed by atoms with E-state index in [0.717, 1.165) is 36.8 Å². The van der Waals surface area contributed by atoms with Crippen molar-refractivity contribution in [2.45, 2.75) is 61.6 Å². The maximum Gasteiger partial charge on any atom is 0.242 e. The molecule has 3 atom stereocenters. The minimum absolute atomic E-state index is 0.101. The first-order valence-corrected chi connectivity index (χ1v) is 14.2. The molecular weight excluding hydrogens is 444 g/mol. The molecule has 2 aromatic carbocycles. The molecular formula is C24H32N2O4S2. The van der Waals surface area contributed by atoms with Gasteiger partial charge in [-0.15, -0.1) is 0 Å². The van der Waals surface area contributed by atoms with Gasteiger partial charge >= 0.3 is 0 Å². The van der Waals surface area contributed by atoms with Gasteiger partial charge in [0.05, 0.1) is 21.9 Å². The Hall–Kier alpha value is -1.90. The van der Waals surface area contributed by atoms with Crippen molar-refractivity contribution in [2.24, 2.45) is 5.92 Å². The third kappa shape index (κ3) is 3.76. The zero-order valence-corrected chi connectivity index (χ0v) is 20.7. The van der Waals surface area contributed by atoms with E-state index >= 15 is 0 Å². The van der Waals surface area contributed by atoms with Gasteiger partial charge in [0.2, 0.25) is 20.0 Å². The molecule has 1 aliphatic heterocycles. The molecule has 1 aliphatic carbocycles. The first kappa shape index (κ1) is 23.3. The highest BCUT2D eigenvalue weighted by molar-refractivity contribution is 7.93. The molecule has 0 saturated heterocycles. The average molecular weight is 477 g/mol. The van der Waals surface area contributed by atoms with Gasteiger partial charge in [0.1, 0.15) is 0 Å². The van der Waals surface area contributed by atoms with Crippen molar-refractivity contribution in [3.63, 3.8) is 0 Å². The highest BCUT2D eigenvalue weighted by Crippen LogP contribution is 2.55. The molecule has 0 spiro atoms. The van der Waals surface area contributed by atoms with E-state index in [1.807, 2.05) is 30.3 Å². The topological polar surface area (TPSA) is 74.8 Å². The van der Waals surface area contributed by atoms with E-state index in [-0.39, 0.29) is 22.8 Å². The monoisotopic (exact) mass is 476 g/mol. The van der Waals surface area contributed by atoms with Crippen LogP contribution in [0.3, 0.4) is 0 Å². The lowest BCUT2D eigenvalue weighted by Gasteiger charge is -2.49. The normalized spacial score (nSPS) is 23.8. The fraction of sp³-hybridized carbons (Fsp3) is 0.500. The summed E-state index contributed by atoms with van der Waals surface area (Å²) in [4.78, 5) is 0.214. The minimum Gasteiger partial charge on any atom is -0.262 e. The van der Waals surface area contributed by atoms with E-state index in [4.69, 9.17) is 0 Å². The quantitative estimate of drug-likeness (QED) is 0.636. The number of hydrogen-bond acceptors (Lipinski definition) is 4. The van der Waals surface area contributed by atoms with Gasteiger partial charge in [-0.25, -0.2) is 21.1 Å². The Balaban J connectivity index is 1.99. The Morgan fingerprint density at radius 1 is 0.938 bits per heavy atom. The highest BCUT2D eigenvalue weighted by atomic mass is 32.2. The van der Waals surface area contributed by atoms with Crippen LogP contribution < -0.4 is 4.31 Å². The molecule has 0 aromatic heterocycles. The summed E-state index contributed by atoms with van der Waals surface area (Å²) in [5, 5.41) is -0.591. The van der Waals surface area contributed by atoms with Gasteiger partial charge in [0.25, 0.3) is 0 Å². The molecule has 2 aliphatic rings. The van der Waals surface area contributed by atoms with Crippen LogP contribution in [0.1, 0.15) is 62.6 Å². The Morgan fingerprint density at radius 3 is 2.22 bits per heavy atom. The summed E-state index contributed by atoms with van der Waals surface area (Å²) >= 11 is 0. The maximum absolute atomic E-state index is 13.7. The summed E-state index contributed by atoms with van der Waals surface area (Å²) in [7, 11) is -4.24. The van der Waals surface area contributed by atoms with Crippen LogP contribution in [-0.4, -0.2) is 40.5 Å². The predicted octanol–water partition coefficient (Wildman–Crippen LogP) is 4.51. The minimum atomic E-state index is -3.65. The Kier molecular flexibility index (Phi) is 6.15. The fourth-order valence-electron chi connectivity index (χ4n) is 5.20. The Labute approximate surface area is 192 Å². The maximum atomic E-state index is 13.7. The number of benzene rings is 2. The molecule has 32 heavy (non-hydrogen) atoms. The largest absolute Gasteiger partial charge is 0.262 e. The van der Waals surface area contributed by atoms with E-state index < -0.39 is 25.3 Å². The first-order chi connectivity index (χ1) is 15.1. The summed E-state index contributed by atoms with van der Waals surface area (Å²) in [6.07, 6.45) is 3.95. The molecule has 0 bridgehead atoms. The molecule has 0 amide bonds. The zero-order valence-electron chi connectivity index (χ0n) is 19.1. The van der Waals surface area contributed by atoms with Gasteiger partial charge in [0, 0.05) is 14.1 Å². The molecule has 0 radical (unpaired) electrons. The van der Waals surface area contributed by atoms with Crippen molar-refractivity contribution in [3.8, 4) is 0 Å². The van der Waals surface area contributed by atoms with E-state index in [0.29, 0.717) is 5.69 Å². The van der Waals surface area contributed by atoms with Crippen molar-refractivity contribution in [1.29, 1.82) is 0 Å². The smallest absolute Gasteiger partial charge is 0.242 e. The second kappa shape index (κ2) is 8.47. The standard InChI is InChI=1S/C24H32N2O4S2/c1-17(2)31(27,28)26-23-15-14-19(32(29,30)25(3)4)16-22(23)20-12-8-9-13-21(20)24(26)18-10-6-5-7-11-18/h5-7,10-11,14-17,20-21,24H,8-9,12-13H2,1-4H3. The summed E-state index contributed by atoms with van der Waals surface area (Å²) in [6, 6.07) is 14.5. The lowest BCUT2D eigenvalue weighted by atomic mass is 9.68. The second-order valence-corrected chi connectivity index (χ2v) is 13.8. The summed E-state index contributed by atoms with van der Waals surface area (Å²) in [6.45, 7) is 3.41. The SMILES string of the molecule is CC(C)S(=O)(=O)N1c2ccc(S(=O)(=O)N(C)C)cc2C2CCCCC2C1c1ccccc1. The fourth-order valence-corrected chi connectivity index (χ4v) is 7.63. The van der Waals surface area contributed by atoms with Crippen molar-refractivity contribution < 1.29 is 16.8 Å². The number of sulfonamides is 2. The zero-order chi connectivity index (χ0) is 23.3. The predicted molar refractivity (Wildman–Crippen MR) is 128 cm³/mol. The lowest BCUT2D eigenvalue weighted by Crippen LogP contribution is -2.47. The van der Waals surface area contributed by atoms with Crippen LogP contribution in [0.2, 0.25) is 0 Å². The number of fused-ring (bicyclic) bond motifs is 3. The molecule has 0 N–H and O–H groups in total. The van der Waals surface area contributed by atoms with Crippen LogP contribution in [0.5, 0.6) is 0 Å². The molecule has 1 heterocycles. The molecule has 6 nitrogen and oxygen atoms in total. The first-order valence-electron chi connectivity index (χ1n) is 11.2. The molecule has 174 valence electrons. The summed E-state index contributed by atoms with van der Waals surface area (Å²) in [5.41, 5.74) is 2.45. The van der Waals surface area contributed by atoms with Gasteiger partial charge in [0.15, 0.2) is 0 Å². The van der Waals surface area contributed by atoms with Gasteiger partial charge in [-0.3, -0.25) is 4.31 Å². The number of hydrogen-bond donors (Lipinski definition) is 0. The molecule has 4 rings (SSSR count). The molecule has 1 fully saturated rings. The van der Waals surface area contributed by atoms with Crippen molar-refractivity contribution in [2.75, 3.05) is 18.4 Å². The van der Waals surface area contributed by atoms with E-state index in [1.54, 1.807) is 36.4 Å². The van der Waals surface area contributed by atoms with E-state index in [2.05, 4.69) is 0 Å². The Morgan fingerprint density at radius 2 is 1.59 bits per heavy atom. The van der Waals surface area contributed by atoms with Crippen LogP contribution in [0.25, 0.3) is 0 Å². The van der Waals surface area contributed by atoms with E-state index in [9.17, 15) is 16.8 Å². The van der Waals surface area contributed by atoms with Crippen LogP contribution in [-0.2, 0) is 20.0 Å². The third-order valence-electron chi connectivity index (χ3n) is 6.90. The van der Waals surface area contributed by atoms with Crippen molar-refractivity contribution >= 4 is 25.7 Å². The van der Waals surface area contributed by atoms with Crippen LogP contribution >= 0.6 is 0 Å². The second-order valence-electron chi connectivity index (χ2n) is 9.31. The van der Waals surface area contributed by atoms with Gasteiger partial charge in [-0.1, -0.05) is 43.2 Å². The van der Waals surface area contributed by atoms with E-state index in [1.165, 1.54) is 18.4 Å². The van der Waals surface area contributed by atoms with Gasteiger partial charge < -0.3 is 0 Å². The van der Waals surface area contributed by atoms with Crippen LogP contribution in [0.4, 0.5) is 5.69 Å². The van der Waals surface area contributed by atoms with Gasteiger partial charge in [-0.2, -0.15) is 0 Å². The van der Waals surface area contributed by atoms with Crippen molar-refractivity contribution in [3.05, 3.63) is 59.7 Å². The molecule has 1 saturated carbocycles. The molecule has 3 unspecified atom stereocenters. The Bertz CT molecular complexity index is 1190. The van der Waals surface area contributed by atoms with Crippen LogP contribution in [0, 0.1) is 5.92 Å². The number of nitrogens with zero attached hydrogens (tertiary/aromatic N) is 2. The van der Waals surface area contributed by atoms with Crippen LogP contribution in [0.15, 0.2) is 53.4 Å². The molecule has 8 heteroatoms. The lowest BCUT2D eigenvalue weighted by molar-refractivity contribution is 0.253. The number of anilines is 1. The highest BCUT2D eigenvalue weighted by Gasteiger charge is 2.47. The molecule has 2 aromatic rings. The number of rotatable bonds is 5. The average Bonchev–Trinajstić information content (AvgIpc) is 2.78. The van der Waals surface area contributed by atoms with Crippen molar-refractivity contribution in [1.82, 2.24) is 4.31 Å².